The predicted molar refractivity (Wildman–Crippen MR) is 39.1 cm³/mol. The molecule has 0 unspecified atom stereocenters. The molecule has 1 aliphatic rings. The molecule has 1 heterocycles. The Balaban J connectivity index is 2.32. The van der Waals surface area contributed by atoms with E-state index in [9.17, 15) is 4.79 Å². The van der Waals surface area contributed by atoms with E-state index in [4.69, 9.17) is 3.07 Å². The number of ether oxygens (including phenoxy) is 1. The van der Waals surface area contributed by atoms with Crippen molar-refractivity contribution in [1.82, 2.24) is 0 Å². The van der Waals surface area contributed by atoms with Crippen LogP contribution in [0.1, 0.15) is 12.8 Å². The number of esters is 1. The summed E-state index contributed by atoms with van der Waals surface area (Å²) >= 11 is 1.81. The quantitative estimate of drug-likeness (QED) is 0.509. The standard InChI is InChI=1S/C5H7IO3/c6-9-4-1-2-8-5(7)3-4/h4H,1-3H2/t4-/m1/s1. The SMILES string of the molecule is O=C1C[C@H](OI)CCO1. The Morgan fingerprint density at radius 1 is 1.78 bits per heavy atom. The van der Waals surface area contributed by atoms with Gasteiger partial charge in [-0.1, -0.05) is 0 Å². The summed E-state index contributed by atoms with van der Waals surface area (Å²) in [5, 5.41) is 0. The molecule has 9 heavy (non-hydrogen) atoms. The molecule has 0 saturated carbocycles. The molecule has 4 heteroatoms. The number of carbonyl (C=O) groups excluding carboxylic acids is 1. The van der Waals surface area contributed by atoms with Crippen LogP contribution in [0.15, 0.2) is 0 Å². The fraction of sp³-hybridized carbons (Fsp3) is 0.800. The molecule has 0 spiro atoms. The molecule has 0 aromatic carbocycles. The smallest absolute Gasteiger partial charge is 0.308 e. The number of carbonyl (C=O) groups is 1. The van der Waals surface area contributed by atoms with Crippen molar-refractivity contribution >= 4 is 29.0 Å². The number of hydrogen-bond donors (Lipinski definition) is 0. The zero-order valence-corrected chi connectivity index (χ0v) is 6.96. The van der Waals surface area contributed by atoms with Gasteiger partial charge in [0.1, 0.15) is 23.0 Å². The van der Waals surface area contributed by atoms with Crippen LogP contribution < -0.4 is 0 Å². The summed E-state index contributed by atoms with van der Waals surface area (Å²) in [4.78, 5) is 10.5. The lowest BCUT2D eigenvalue weighted by molar-refractivity contribution is -0.149. The maximum Gasteiger partial charge on any atom is 0.308 e. The molecule has 0 aromatic heterocycles. The fourth-order valence-corrected chi connectivity index (χ4v) is 1.16. The van der Waals surface area contributed by atoms with Crippen molar-refractivity contribution in [1.29, 1.82) is 0 Å². The second kappa shape index (κ2) is 3.36. The number of cyclic esters (lactones) is 1. The average Bonchev–Trinajstić information content (AvgIpc) is 1.88. The normalized spacial score (nSPS) is 27.7. The third-order valence-electron chi connectivity index (χ3n) is 1.22. The molecule has 0 N–H and O–H groups in total. The minimum atomic E-state index is -0.150. The number of hydrogen-bond acceptors (Lipinski definition) is 3. The van der Waals surface area contributed by atoms with Crippen LogP contribution in [-0.2, 0) is 12.6 Å². The van der Waals surface area contributed by atoms with E-state index in [1.807, 2.05) is 23.0 Å². The third kappa shape index (κ3) is 2.09. The Morgan fingerprint density at radius 2 is 2.56 bits per heavy atom. The lowest BCUT2D eigenvalue weighted by Crippen LogP contribution is -2.24. The highest BCUT2D eigenvalue weighted by Gasteiger charge is 2.20. The van der Waals surface area contributed by atoms with Crippen molar-refractivity contribution in [3.63, 3.8) is 0 Å². The van der Waals surface area contributed by atoms with Crippen molar-refractivity contribution in [3.8, 4) is 0 Å². The van der Waals surface area contributed by atoms with Gasteiger partial charge >= 0.3 is 5.97 Å². The zero-order chi connectivity index (χ0) is 6.69. The lowest BCUT2D eigenvalue weighted by Gasteiger charge is -2.17. The maximum atomic E-state index is 10.5. The molecule has 1 aliphatic heterocycles. The summed E-state index contributed by atoms with van der Waals surface area (Å²) in [6, 6.07) is 0. The molecule has 0 amide bonds. The third-order valence-corrected chi connectivity index (χ3v) is 1.94. The summed E-state index contributed by atoms with van der Waals surface area (Å²) in [5.74, 6) is -0.150. The first-order chi connectivity index (χ1) is 4.33. The Labute approximate surface area is 67.4 Å². The van der Waals surface area contributed by atoms with Gasteiger partial charge < -0.3 is 7.80 Å². The van der Waals surface area contributed by atoms with Crippen LogP contribution in [-0.4, -0.2) is 18.7 Å². The average molecular weight is 242 g/mol. The first-order valence-electron chi connectivity index (χ1n) is 2.76. The molecule has 1 rings (SSSR count). The van der Waals surface area contributed by atoms with Gasteiger partial charge in [-0.15, -0.1) is 0 Å². The van der Waals surface area contributed by atoms with E-state index in [1.54, 1.807) is 0 Å². The maximum absolute atomic E-state index is 10.5. The van der Waals surface area contributed by atoms with Crippen LogP contribution in [0.4, 0.5) is 0 Å². The highest BCUT2D eigenvalue weighted by atomic mass is 127. The van der Waals surface area contributed by atoms with Crippen LogP contribution in [0.25, 0.3) is 0 Å². The predicted octanol–water partition coefficient (Wildman–Crippen LogP) is 1.06. The summed E-state index contributed by atoms with van der Waals surface area (Å²) in [6.07, 6.45) is 1.31. The minimum Gasteiger partial charge on any atom is -0.465 e. The Kier molecular flexibility index (Phi) is 2.71. The van der Waals surface area contributed by atoms with Crippen LogP contribution in [0.2, 0.25) is 0 Å². The van der Waals surface area contributed by atoms with E-state index in [0.717, 1.165) is 6.42 Å². The van der Waals surface area contributed by atoms with E-state index in [0.29, 0.717) is 13.0 Å². The van der Waals surface area contributed by atoms with Crippen molar-refractivity contribution in [2.45, 2.75) is 18.9 Å². The molecule has 0 bridgehead atoms. The highest BCUT2D eigenvalue weighted by molar-refractivity contribution is 14.1. The Hall–Kier alpha value is 0.160. The van der Waals surface area contributed by atoms with Gasteiger partial charge in [-0.05, 0) is 0 Å². The van der Waals surface area contributed by atoms with E-state index in [-0.39, 0.29) is 12.1 Å². The van der Waals surface area contributed by atoms with Gasteiger partial charge in [0.2, 0.25) is 0 Å². The monoisotopic (exact) mass is 242 g/mol. The second-order valence-electron chi connectivity index (χ2n) is 1.92. The zero-order valence-electron chi connectivity index (χ0n) is 4.80. The van der Waals surface area contributed by atoms with Gasteiger partial charge in [0, 0.05) is 6.42 Å². The van der Waals surface area contributed by atoms with Crippen molar-refractivity contribution in [3.05, 3.63) is 0 Å². The molecule has 52 valence electrons. The number of halogens is 1. The molecular formula is C5H7IO3. The fourth-order valence-electron chi connectivity index (χ4n) is 0.727. The summed E-state index contributed by atoms with van der Waals surface area (Å²) in [7, 11) is 0. The summed E-state index contributed by atoms with van der Waals surface area (Å²) < 4.78 is 9.62. The van der Waals surface area contributed by atoms with E-state index in [1.165, 1.54) is 0 Å². The first kappa shape index (κ1) is 7.27. The minimum absolute atomic E-state index is 0.0758. The van der Waals surface area contributed by atoms with Gasteiger partial charge in [-0.3, -0.25) is 4.79 Å². The molecule has 1 saturated heterocycles. The summed E-state index contributed by atoms with van der Waals surface area (Å²) in [6.45, 7) is 0.506. The van der Waals surface area contributed by atoms with Gasteiger partial charge in [-0.25, -0.2) is 0 Å². The van der Waals surface area contributed by atoms with Gasteiger partial charge in [-0.2, -0.15) is 0 Å². The highest BCUT2D eigenvalue weighted by Crippen LogP contribution is 2.13. The van der Waals surface area contributed by atoms with E-state index in [2.05, 4.69) is 4.74 Å². The molecule has 0 aromatic rings. The number of rotatable bonds is 1. The largest absolute Gasteiger partial charge is 0.465 e. The molecule has 0 aliphatic carbocycles. The molecule has 1 fully saturated rings. The van der Waals surface area contributed by atoms with Gasteiger partial charge in [0.15, 0.2) is 0 Å². The summed E-state index contributed by atoms with van der Waals surface area (Å²) in [5.41, 5.74) is 0. The molecular weight excluding hydrogens is 235 g/mol. The van der Waals surface area contributed by atoms with Crippen LogP contribution in [0.3, 0.4) is 0 Å². The lowest BCUT2D eigenvalue weighted by atomic mass is 10.2. The van der Waals surface area contributed by atoms with Gasteiger partial charge in [0.25, 0.3) is 0 Å². The molecule has 0 radical (unpaired) electrons. The van der Waals surface area contributed by atoms with E-state index >= 15 is 0 Å². The van der Waals surface area contributed by atoms with E-state index < -0.39 is 0 Å². The van der Waals surface area contributed by atoms with Crippen molar-refractivity contribution in [2.75, 3.05) is 6.61 Å². The second-order valence-corrected chi connectivity index (χ2v) is 2.43. The molecule has 1 atom stereocenters. The van der Waals surface area contributed by atoms with Crippen LogP contribution in [0, 0.1) is 0 Å². The van der Waals surface area contributed by atoms with Crippen LogP contribution in [0.5, 0.6) is 0 Å². The topological polar surface area (TPSA) is 35.5 Å². The Morgan fingerprint density at radius 3 is 3.00 bits per heavy atom. The first-order valence-corrected chi connectivity index (χ1v) is 3.64. The van der Waals surface area contributed by atoms with Crippen molar-refractivity contribution in [2.24, 2.45) is 0 Å². The van der Waals surface area contributed by atoms with Crippen molar-refractivity contribution < 1.29 is 12.6 Å². The van der Waals surface area contributed by atoms with Gasteiger partial charge in [0.05, 0.1) is 19.1 Å². The Bertz CT molecular complexity index is 115. The molecule has 3 nitrogen and oxygen atoms in total. The van der Waals surface area contributed by atoms with Crippen LogP contribution >= 0.6 is 23.0 Å².